The lowest BCUT2D eigenvalue weighted by atomic mass is 10.2. The number of hydrogen-bond acceptors (Lipinski definition) is 4. The topological polar surface area (TPSA) is 50.9 Å². The molecule has 0 aromatic carbocycles. The fourth-order valence-electron chi connectivity index (χ4n) is 1.51. The van der Waals surface area contributed by atoms with Gasteiger partial charge in [-0.25, -0.2) is 4.39 Å². The number of rotatable bonds is 4. The van der Waals surface area contributed by atoms with Crippen LogP contribution in [0.3, 0.4) is 0 Å². The second-order valence-corrected chi connectivity index (χ2v) is 4.15. The molecule has 4 nitrogen and oxygen atoms in total. The average molecular weight is 253 g/mol. The second-order valence-electron chi connectivity index (χ2n) is 3.37. The fourth-order valence-corrected chi connectivity index (χ4v) is 2.16. The molecule has 2 rings (SSSR count). The van der Waals surface area contributed by atoms with E-state index < -0.39 is 6.67 Å². The third-order valence-corrected chi connectivity index (χ3v) is 3.01. The lowest BCUT2D eigenvalue weighted by Crippen LogP contribution is -2.12. The Bertz CT molecular complexity index is 507. The van der Waals surface area contributed by atoms with Crippen LogP contribution in [0.1, 0.15) is 5.69 Å². The zero-order valence-corrected chi connectivity index (χ0v) is 10.1. The third-order valence-electron chi connectivity index (χ3n) is 2.33. The molecule has 2 aromatic heterocycles. The fraction of sp³-hybridized carbons (Fsp3) is 0.273. The monoisotopic (exact) mass is 253 g/mol. The summed E-state index contributed by atoms with van der Waals surface area (Å²) >= 11 is 1.57. The molecule has 17 heavy (non-hydrogen) atoms. The van der Waals surface area contributed by atoms with Crippen LogP contribution in [-0.4, -0.2) is 29.5 Å². The van der Waals surface area contributed by atoms with Gasteiger partial charge in [-0.1, -0.05) is 0 Å². The summed E-state index contributed by atoms with van der Waals surface area (Å²) in [7, 11) is 1.42. The van der Waals surface area contributed by atoms with E-state index in [1.165, 1.54) is 11.8 Å². The zero-order chi connectivity index (χ0) is 12.3. The number of aryl methyl sites for hydroxylation is 1. The molecule has 0 radical (unpaired) electrons. The van der Waals surface area contributed by atoms with Crippen molar-refractivity contribution in [1.82, 2.24) is 9.78 Å². The number of ether oxygens (including phenoxy) is 1. The molecule has 0 saturated carbocycles. The molecule has 0 atom stereocenters. The quantitative estimate of drug-likeness (QED) is 0.672. The molecule has 0 saturated heterocycles. The van der Waals surface area contributed by atoms with Gasteiger partial charge < -0.3 is 4.74 Å². The van der Waals surface area contributed by atoms with E-state index in [2.05, 4.69) is 5.10 Å². The van der Waals surface area contributed by atoms with Crippen molar-refractivity contribution in [3.8, 4) is 11.3 Å². The van der Waals surface area contributed by atoms with Crippen molar-refractivity contribution >= 4 is 17.2 Å². The van der Waals surface area contributed by atoms with Crippen molar-refractivity contribution in [3.63, 3.8) is 0 Å². The number of thiophene rings is 1. The van der Waals surface area contributed by atoms with Crippen molar-refractivity contribution in [2.24, 2.45) is 0 Å². The number of alkyl halides is 1. The Morgan fingerprint density at radius 1 is 1.65 bits per heavy atom. The molecule has 90 valence electrons. The van der Waals surface area contributed by atoms with Gasteiger partial charge in [-0.05, 0) is 17.5 Å². The molecule has 2 aromatic rings. The van der Waals surface area contributed by atoms with Gasteiger partial charge in [0.05, 0.1) is 19.3 Å². The van der Waals surface area contributed by atoms with Crippen LogP contribution in [0.25, 0.3) is 11.3 Å². The first-order chi connectivity index (χ1) is 8.26. The Morgan fingerprint density at radius 3 is 3.06 bits per heavy atom. The first kappa shape index (κ1) is 11.8. The minimum atomic E-state index is -0.519. The number of nitrogens with one attached hydrogen (secondary N) is 1. The van der Waals surface area contributed by atoms with Crippen molar-refractivity contribution in [1.29, 1.82) is 5.41 Å². The summed E-state index contributed by atoms with van der Waals surface area (Å²) in [4.78, 5) is 0. The maximum absolute atomic E-state index is 12.4. The third kappa shape index (κ3) is 2.36. The van der Waals surface area contributed by atoms with Crippen molar-refractivity contribution < 1.29 is 9.13 Å². The number of halogens is 1. The molecule has 0 fully saturated rings. The van der Waals surface area contributed by atoms with Crippen molar-refractivity contribution in [3.05, 3.63) is 28.6 Å². The van der Waals surface area contributed by atoms with Crippen LogP contribution in [-0.2, 0) is 11.3 Å². The highest BCUT2D eigenvalue weighted by atomic mass is 32.1. The molecule has 0 unspecified atom stereocenters. The van der Waals surface area contributed by atoms with Crippen LogP contribution in [0.15, 0.2) is 22.9 Å². The zero-order valence-electron chi connectivity index (χ0n) is 9.31. The summed E-state index contributed by atoms with van der Waals surface area (Å²) in [5.74, 6) is -0.00701. The molecule has 2 heterocycles. The highest BCUT2D eigenvalue weighted by Gasteiger charge is 2.14. The van der Waals surface area contributed by atoms with E-state index in [-0.39, 0.29) is 12.4 Å². The van der Waals surface area contributed by atoms with Crippen molar-refractivity contribution in [2.45, 2.75) is 6.54 Å². The molecule has 0 aliphatic heterocycles. The van der Waals surface area contributed by atoms with Crippen LogP contribution >= 0.6 is 11.3 Å². The van der Waals surface area contributed by atoms with Gasteiger partial charge in [0, 0.05) is 10.9 Å². The standard InChI is InChI=1S/C11H12FN3OS/c1-16-11(13)10-6-9(8-2-5-17-7-8)14-15(10)4-3-12/h2,5-7,13H,3-4H2,1H3. The molecule has 0 spiro atoms. The van der Waals surface area contributed by atoms with Gasteiger partial charge in [-0.15, -0.1) is 0 Å². The first-order valence-electron chi connectivity index (χ1n) is 5.05. The van der Waals surface area contributed by atoms with Gasteiger partial charge in [0.2, 0.25) is 5.90 Å². The van der Waals surface area contributed by atoms with E-state index in [4.69, 9.17) is 10.1 Å². The molecule has 0 bridgehead atoms. The minimum Gasteiger partial charge on any atom is -0.480 e. The normalized spacial score (nSPS) is 10.5. The van der Waals surface area contributed by atoms with E-state index in [1.54, 1.807) is 17.4 Å². The maximum atomic E-state index is 12.4. The largest absolute Gasteiger partial charge is 0.480 e. The van der Waals surface area contributed by atoms with Gasteiger partial charge in [0.15, 0.2) is 0 Å². The number of nitrogens with zero attached hydrogens (tertiary/aromatic N) is 2. The van der Waals surface area contributed by atoms with E-state index in [9.17, 15) is 4.39 Å². The van der Waals surface area contributed by atoms with E-state index >= 15 is 0 Å². The Morgan fingerprint density at radius 2 is 2.47 bits per heavy atom. The maximum Gasteiger partial charge on any atom is 0.231 e. The first-order valence-corrected chi connectivity index (χ1v) is 6.00. The van der Waals surface area contributed by atoms with Gasteiger partial charge in [-0.2, -0.15) is 16.4 Å². The number of hydrogen-bond donors (Lipinski definition) is 1. The van der Waals surface area contributed by atoms with E-state index in [0.29, 0.717) is 5.69 Å². The summed E-state index contributed by atoms with van der Waals surface area (Å²) in [6.07, 6.45) is 0. The van der Waals surface area contributed by atoms with Gasteiger partial charge in [0.1, 0.15) is 12.4 Å². The average Bonchev–Trinajstić information content (AvgIpc) is 2.96. The predicted octanol–water partition coefficient (Wildman–Crippen LogP) is 2.55. The van der Waals surface area contributed by atoms with Crippen LogP contribution in [0, 0.1) is 5.41 Å². The van der Waals surface area contributed by atoms with Crippen LogP contribution in [0.2, 0.25) is 0 Å². The summed E-state index contributed by atoms with van der Waals surface area (Å²) < 4.78 is 18.7. The van der Waals surface area contributed by atoms with Crippen LogP contribution in [0.4, 0.5) is 4.39 Å². The van der Waals surface area contributed by atoms with E-state index in [1.807, 2.05) is 16.8 Å². The smallest absolute Gasteiger partial charge is 0.231 e. The Labute approximate surface area is 102 Å². The summed E-state index contributed by atoms with van der Waals surface area (Å²) in [5.41, 5.74) is 2.20. The highest BCUT2D eigenvalue weighted by Crippen LogP contribution is 2.22. The molecule has 6 heteroatoms. The lowest BCUT2D eigenvalue weighted by molar-refractivity contribution is 0.387. The number of aromatic nitrogens is 2. The van der Waals surface area contributed by atoms with Gasteiger partial charge in [-0.3, -0.25) is 10.1 Å². The summed E-state index contributed by atoms with van der Waals surface area (Å²) in [6, 6.07) is 3.68. The summed E-state index contributed by atoms with van der Waals surface area (Å²) in [5, 5.41) is 15.8. The number of methoxy groups -OCH3 is 1. The Hall–Kier alpha value is -1.69. The predicted molar refractivity (Wildman–Crippen MR) is 65.4 cm³/mol. The van der Waals surface area contributed by atoms with Gasteiger partial charge >= 0.3 is 0 Å². The minimum absolute atomic E-state index is 0.00701. The van der Waals surface area contributed by atoms with Crippen molar-refractivity contribution in [2.75, 3.05) is 13.8 Å². The molecule has 0 amide bonds. The van der Waals surface area contributed by atoms with Crippen LogP contribution < -0.4 is 0 Å². The SMILES string of the molecule is COC(=N)c1cc(-c2ccsc2)nn1CCF. The lowest BCUT2D eigenvalue weighted by Gasteiger charge is -2.04. The van der Waals surface area contributed by atoms with E-state index in [0.717, 1.165) is 11.3 Å². The van der Waals surface area contributed by atoms with Crippen LogP contribution in [0.5, 0.6) is 0 Å². The Balaban J connectivity index is 2.40. The Kier molecular flexibility index (Phi) is 3.53. The molecular weight excluding hydrogens is 241 g/mol. The summed E-state index contributed by atoms with van der Waals surface area (Å²) in [6.45, 7) is -0.389. The second kappa shape index (κ2) is 5.09. The van der Waals surface area contributed by atoms with Gasteiger partial charge in [0.25, 0.3) is 0 Å². The molecule has 0 aliphatic rings. The highest BCUT2D eigenvalue weighted by molar-refractivity contribution is 7.08. The molecule has 1 N–H and O–H groups in total. The molecular formula is C11H12FN3OS. The molecule has 0 aliphatic carbocycles.